The van der Waals surface area contributed by atoms with E-state index < -0.39 is 0 Å². The van der Waals surface area contributed by atoms with Crippen LogP contribution in [0, 0.1) is 13.8 Å². The Morgan fingerprint density at radius 3 is 2.68 bits per heavy atom. The Bertz CT molecular complexity index is 482. The van der Waals surface area contributed by atoms with Gasteiger partial charge in [-0.1, -0.05) is 19.3 Å². The summed E-state index contributed by atoms with van der Waals surface area (Å²) in [7, 11) is 0. The van der Waals surface area contributed by atoms with E-state index in [0.717, 1.165) is 5.56 Å². The van der Waals surface area contributed by atoms with Gasteiger partial charge in [0, 0.05) is 29.9 Å². The minimum atomic E-state index is -0.141. The van der Waals surface area contributed by atoms with Crippen LogP contribution in [-0.2, 0) is 4.79 Å². The van der Waals surface area contributed by atoms with E-state index in [1.165, 1.54) is 50.4 Å². The number of hydrazone groups is 1. The molecular formula is C15H23N3O. The largest absolute Gasteiger partial charge is 0.345 e. The molecule has 1 aromatic heterocycles. The summed E-state index contributed by atoms with van der Waals surface area (Å²) in [5.74, 6) is -0.141. The molecule has 0 aromatic carbocycles. The average molecular weight is 261 g/mol. The summed E-state index contributed by atoms with van der Waals surface area (Å²) in [6, 6.07) is 2.78. The number of carbonyl (C=O) groups excluding carboxylic acids is 1. The second kappa shape index (κ2) is 6.04. The molecule has 1 aromatic rings. The zero-order valence-corrected chi connectivity index (χ0v) is 12.1. The van der Waals surface area contributed by atoms with Crippen molar-refractivity contribution in [3.05, 3.63) is 23.0 Å². The second-order valence-electron chi connectivity index (χ2n) is 5.41. The zero-order valence-electron chi connectivity index (χ0n) is 12.1. The number of rotatable bonds is 3. The van der Waals surface area contributed by atoms with Crippen LogP contribution in [0.4, 0.5) is 0 Å². The fourth-order valence-corrected chi connectivity index (χ4v) is 3.03. The maximum atomic E-state index is 10.8. The average Bonchev–Trinajstić information content (AvgIpc) is 2.65. The standard InChI is InChI=1S/C15H23N3O/c1-11-9-14(10-16-17-13(3)19)12(2)18(11)15-7-5-4-6-8-15/h9-10,15H,4-8H2,1-3H3,(H,17,19)/b16-10-. The predicted octanol–water partition coefficient (Wildman–Crippen LogP) is 3.08. The molecule has 1 heterocycles. The Labute approximate surface area is 114 Å². The lowest BCUT2D eigenvalue weighted by atomic mass is 9.95. The topological polar surface area (TPSA) is 46.4 Å². The van der Waals surface area contributed by atoms with Gasteiger partial charge in [-0.05, 0) is 32.8 Å². The molecule has 0 bridgehead atoms. The molecule has 1 fully saturated rings. The lowest BCUT2D eigenvalue weighted by Crippen LogP contribution is -2.15. The van der Waals surface area contributed by atoms with Crippen LogP contribution in [0.5, 0.6) is 0 Å². The lowest BCUT2D eigenvalue weighted by Gasteiger charge is -2.26. The third kappa shape index (κ3) is 3.25. The Morgan fingerprint density at radius 2 is 2.05 bits per heavy atom. The van der Waals surface area contributed by atoms with Gasteiger partial charge in [0.2, 0.25) is 5.91 Å². The molecular weight excluding hydrogens is 238 g/mol. The fourth-order valence-electron chi connectivity index (χ4n) is 3.03. The Kier molecular flexibility index (Phi) is 4.40. The summed E-state index contributed by atoms with van der Waals surface area (Å²) in [4.78, 5) is 10.8. The SMILES string of the molecule is CC(=O)N/N=C\c1cc(C)n(C2CCCCC2)c1C. The molecule has 0 saturated heterocycles. The van der Waals surface area contributed by atoms with E-state index >= 15 is 0 Å². The monoisotopic (exact) mass is 261 g/mol. The second-order valence-corrected chi connectivity index (χ2v) is 5.41. The van der Waals surface area contributed by atoms with Crippen molar-refractivity contribution < 1.29 is 4.79 Å². The van der Waals surface area contributed by atoms with Crippen molar-refractivity contribution >= 4 is 12.1 Å². The zero-order chi connectivity index (χ0) is 13.8. The third-order valence-electron chi connectivity index (χ3n) is 3.89. The number of carbonyl (C=O) groups is 1. The predicted molar refractivity (Wildman–Crippen MR) is 77.4 cm³/mol. The summed E-state index contributed by atoms with van der Waals surface area (Å²) < 4.78 is 2.44. The minimum absolute atomic E-state index is 0.141. The van der Waals surface area contributed by atoms with Crippen molar-refractivity contribution in [3.8, 4) is 0 Å². The molecule has 0 atom stereocenters. The van der Waals surface area contributed by atoms with Gasteiger partial charge in [-0.2, -0.15) is 5.10 Å². The molecule has 104 valence electrons. The van der Waals surface area contributed by atoms with Crippen molar-refractivity contribution in [2.45, 2.75) is 58.9 Å². The molecule has 0 radical (unpaired) electrons. The van der Waals surface area contributed by atoms with Crippen LogP contribution < -0.4 is 5.43 Å². The molecule has 4 nitrogen and oxygen atoms in total. The number of hydrogen-bond donors (Lipinski definition) is 1. The van der Waals surface area contributed by atoms with Crippen molar-refractivity contribution in [3.63, 3.8) is 0 Å². The lowest BCUT2D eigenvalue weighted by molar-refractivity contribution is -0.118. The quantitative estimate of drug-likeness (QED) is 0.659. The van der Waals surface area contributed by atoms with Gasteiger partial charge in [0.15, 0.2) is 0 Å². The summed E-state index contributed by atoms with van der Waals surface area (Å²) in [5, 5.41) is 3.96. The molecule has 0 spiro atoms. The van der Waals surface area contributed by atoms with Crippen LogP contribution in [0.15, 0.2) is 11.2 Å². The summed E-state index contributed by atoms with van der Waals surface area (Å²) >= 11 is 0. The first-order valence-electron chi connectivity index (χ1n) is 7.07. The van der Waals surface area contributed by atoms with Crippen molar-refractivity contribution in [1.82, 2.24) is 9.99 Å². The van der Waals surface area contributed by atoms with Gasteiger partial charge in [0.1, 0.15) is 0 Å². The van der Waals surface area contributed by atoms with E-state index in [4.69, 9.17) is 0 Å². The highest BCUT2D eigenvalue weighted by molar-refractivity contribution is 5.83. The smallest absolute Gasteiger partial charge is 0.236 e. The van der Waals surface area contributed by atoms with E-state index in [1.54, 1.807) is 6.21 Å². The van der Waals surface area contributed by atoms with E-state index in [-0.39, 0.29) is 5.91 Å². The van der Waals surface area contributed by atoms with E-state index in [2.05, 4.69) is 35.0 Å². The van der Waals surface area contributed by atoms with Crippen LogP contribution in [0.1, 0.15) is 62.0 Å². The number of nitrogens with zero attached hydrogens (tertiary/aromatic N) is 2. The third-order valence-corrected chi connectivity index (χ3v) is 3.89. The van der Waals surface area contributed by atoms with Gasteiger partial charge in [0.25, 0.3) is 0 Å². The minimum Gasteiger partial charge on any atom is -0.345 e. The Morgan fingerprint density at radius 1 is 1.37 bits per heavy atom. The molecule has 19 heavy (non-hydrogen) atoms. The van der Waals surface area contributed by atoms with Gasteiger partial charge < -0.3 is 4.57 Å². The summed E-state index contributed by atoms with van der Waals surface area (Å²) in [5.41, 5.74) is 6.08. The van der Waals surface area contributed by atoms with E-state index in [9.17, 15) is 4.79 Å². The number of aryl methyl sites for hydroxylation is 1. The summed E-state index contributed by atoms with van der Waals surface area (Å²) in [6.45, 7) is 5.75. The van der Waals surface area contributed by atoms with Crippen molar-refractivity contribution in [2.75, 3.05) is 0 Å². The highest BCUT2D eigenvalue weighted by Crippen LogP contribution is 2.31. The van der Waals surface area contributed by atoms with Gasteiger partial charge in [-0.3, -0.25) is 4.79 Å². The van der Waals surface area contributed by atoms with Crippen LogP contribution in [0.2, 0.25) is 0 Å². The maximum Gasteiger partial charge on any atom is 0.236 e. The highest BCUT2D eigenvalue weighted by Gasteiger charge is 2.19. The molecule has 1 N–H and O–H groups in total. The molecule has 4 heteroatoms. The van der Waals surface area contributed by atoms with Crippen LogP contribution in [0.25, 0.3) is 0 Å². The molecule has 0 unspecified atom stereocenters. The first-order valence-corrected chi connectivity index (χ1v) is 7.07. The molecule has 1 aliphatic carbocycles. The molecule has 1 saturated carbocycles. The van der Waals surface area contributed by atoms with E-state index in [0.29, 0.717) is 6.04 Å². The molecule has 1 amide bonds. The van der Waals surface area contributed by atoms with Crippen LogP contribution in [0.3, 0.4) is 0 Å². The van der Waals surface area contributed by atoms with Gasteiger partial charge in [-0.15, -0.1) is 0 Å². The van der Waals surface area contributed by atoms with Crippen molar-refractivity contribution in [1.29, 1.82) is 0 Å². The normalized spacial score (nSPS) is 17.0. The van der Waals surface area contributed by atoms with Crippen LogP contribution in [-0.4, -0.2) is 16.7 Å². The Balaban J connectivity index is 2.18. The van der Waals surface area contributed by atoms with Gasteiger partial charge in [-0.25, -0.2) is 5.43 Å². The molecule has 0 aliphatic heterocycles. The van der Waals surface area contributed by atoms with Gasteiger partial charge in [0.05, 0.1) is 6.21 Å². The van der Waals surface area contributed by atoms with Gasteiger partial charge >= 0.3 is 0 Å². The first-order chi connectivity index (χ1) is 9.09. The molecule has 1 aliphatic rings. The summed E-state index contributed by atoms with van der Waals surface area (Å²) in [6.07, 6.45) is 8.32. The number of nitrogens with one attached hydrogen (secondary N) is 1. The van der Waals surface area contributed by atoms with Crippen molar-refractivity contribution in [2.24, 2.45) is 5.10 Å². The molecule has 2 rings (SSSR count). The number of aromatic nitrogens is 1. The highest BCUT2D eigenvalue weighted by atomic mass is 16.2. The number of amides is 1. The first kappa shape index (κ1) is 13.8. The van der Waals surface area contributed by atoms with Crippen LogP contribution >= 0.6 is 0 Å². The Hall–Kier alpha value is -1.58. The van der Waals surface area contributed by atoms with E-state index in [1.807, 2.05) is 0 Å². The number of hydrogen-bond acceptors (Lipinski definition) is 2. The fraction of sp³-hybridized carbons (Fsp3) is 0.600. The maximum absolute atomic E-state index is 10.8.